The third-order valence-corrected chi connectivity index (χ3v) is 3.84. The second kappa shape index (κ2) is 5.95. The third kappa shape index (κ3) is 3.19. The molecule has 0 aliphatic carbocycles. The summed E-state index contributed by atoms with van der Waals surface area (Å²) >= 11 is 10.8. The summed E-state index contributed by atoms with van der Waals surface area (Å²) < 4.78 is 13.8. The lowest BCUT2D eigenvalue weighted by atomic mass is 10.0. The van der Waals surface area contributed by atoms with E-state index in [4.69, 9.17) is 29.6 Å². The summed E-state index contributed by atoms with van der Waals surface area (Å²) in [7, 11) is 0. The van der Waals surface area contributed by atoms with E-state index in [0.717, 1.165) is 25.8 Å². The van der Waals surface area contributed by atoms with E-state index in [1.54, 1.807) is 12.1 Å². The van der Waals surface area contributed by atoms with Crippen LogP contribution in [0.4, 0.5) is 4.39 Å². The molecule has 1 heterocycles. The van der Waals surface area contributed by atoms with Gasteiger partial charge in [-0.15, -0.1) is 0 Å². The Bertz CT molecular complexity index is 453. The Labute approximate surface area is 117 Å². The molecule has 1 aliphatic heterocycles. The number of benzene rings is 1. The average molecular weight is 287 g/mol. The lowest BCUT2D eigenvalue weighted by molar-refractivity contribution is 0.182. The predicted molar refractivity (Wildman–Crippen MR) is 76.2 cm³/mol. The molecular formula is C13H16ClFN2S. The molecule has 1 unspecified atom stereocenters. The van der Waals surface area contributed by atoms with Gasteiger partial charge in [0, 0.05) is 17.1 Å². The van der Waals surface area contributed by atoms with Crippen molar-refractivity contribution in [3.8, 4) is 0 Å². The molecule has 1 aromatic rings. The maximum atomic E-state index is 13.8. The summed E-state index contributed by atoms with van der Waals surface area (Å²) in [5.41, 5.74) is 6.39. The summed E-state index contributed by atoms with van der Waals surface area (Å²) in [5.74, 6) is -0.269. The van der Waals surface area contributed by atoms with Crippen LogP contribution in [0.25, 0.3) is 0 Å². The SMILES string of the molecule is NC(=S)C1CCCCN1Cc1ccc(Cl)cc1F. The highest BCUT2D eigenvalue weighted by atomic mass is 35.5. The first-order valence-corrected chi connectivity index (χ1v) is 6.84. The van der Waals surface area contributed by atoms with Crippen LogP contribution in [0.3, 0.4) is 0 Å². The van der Waals surface area contributed by atoms with Crippen molar-refractivity contribution in [2.24, 2.45) is 5.73 Å². The number of nitrogens with two attached hydrogens (primary N) is 1. The molecule has 5 heteroatoms. The van der Waals surface area contributed by atoms with Gasteiger partial charge in [-0.25, -0.2) is 4.39 Å². The van der Waals surface area contributed by atoms with E-state index < -0.39 is 0 Å². The van der Waals surface area contributed by atoms with Crippen LogP contribution in [-0.4, -0.2) is 22.5 Å². The number of nitrogens with zero attached hydrogens (tertiary/aromatic N) is 1. The fraction of sp³-hybridized carbons (Fsp3) is 0.462. The first-order chi connectivity index (χ1) is 8.58. The van der Waals surface area contributed by atoms with Gasteiger partial charge in [-0.3, -0.25) is 4.90 Å². The Kier molecular flexibility index (Phi) is 4.54. The Morgan fingerprint density at radius 1 is 1.50 bits per heavy atom. The average Bonchev–Trinajstić information content (AvgIpc) is 2.33. The van der Waals surface area contributed by atoms with E-state index in [0.29, 0.717) is 22.1 Å². The fourth-order valence-corrected chi connectivity index (χ4v) is 2.80. The molecule has 0 bridgehead atoms. The number of thiocarbonyl (C=S) groups is 1. The van der Waals surface area contributed by atoms with Gasteiger partial charge in [0.1, 0.15) is 5.82 Å². The van der Waals surface area contributed by atoms with Crippen molar-refractivity contribution < 1.29 is 4.39 Å². The number of rotatable bonds is 3. The van der Waals surface area contributed by atoms with E-state index in [1.807, 2.05) is 0 Å². The van der Waals surface area contributed by atoms with Crippen molar-refractivity contribution in [1.82, 2.24) is 4.90 Å². The Morgan fingerprint density at radius 2 is 2.28 bits per heavy atom. The van der Waals surface area contributed by atoms with Crippen LogP contribution >= 0.6 is 23.8 Å². The third-order valence-electron chi connectivity index (χ3n) is 3.33. The van der Waals surface area contributed by atoms with Crippen molar-refractivity contribution >= 4 is 28.8 Å². The molecule has 1 aliphatic rings. The van der Waals surface area contributed by atoms with Crippen molar-refractivity contribution in [3.05, 3.63) is 34.6 Å². The molecule has 1 saturated heterocycles. The molecule has 98 valence electrons. The Balaban J connectivity index is 2.13. The summed E-state index contributed by atoms with van der Waals surface area (Å²) in [5, 5.41) is 0.417. The van der Waals surface area contributed by atoms with Crippen LogP contribution in [-0.2, 0) is 6.54 Å². The highest BCUT2D eigenvalue weighted by Gasteiger charge is 2.25. The first-order valence-electron chi connectivity index (χ1n) is 6.05. The zero-order chi connectivity index (χ0) is 13.1. The van der Waals surface area contributed by atoms with Gasteiger partial charge < -0.3 is 5.73 Å². The van der Waals surface area contributed by atoms with Gasteiger partial charge in [-0.1, -0.05) is 36.3 Å². The molecule has 2 rings (SSSR count). The van der Waals surface area contributed by atoms with Crippen LogP contribution in [0, 0.1) is 5.82 Å². The normalized spacial score (nSPS) is 20.9. The van der Waals surface area contributed by atoms with Crippen molar-refractivity contribution in [1.29, 1.82) is 0 Å². The van der Waals surface area contributed by atoms with Crippen LogP contribution in [0.1, 0.15) is 24.8 Å². The quantitative estimate of drug-likeness (QED) is 0.866. The number of likely N-dealkylation sites (tertiary alicyclic amines) is 1. The zero-order valence-electron chi connectivity index (χ0n) is 10.0. The summed E-state index contributed by atoms with van der Waals surface area (Å²) in [6, 6.07) is 4.86. The van der Waals surface area contributed by atoms with Gasteiger partial charge in [0.25, 0.3) is 0 Å². The second-order valence-electron chi connectivity index (χ2n) is 4.62. The maximum Gasteiger partial charge on any atom is 0.129 e. The zero-order valence-corrected chi connectivity index (χ0v) is 11.6. The highest BCUT2D eigenvalue weighted by Crippen LogP contribution is 2.22. The largest absolute Gasteiger partial charge is 0.392 e. The lowest BCUT2D eigenvalue weighted by Crippen LogP contribution is -2.46. The predicted octanol–water partition coefficient (Wildman–Crippen LogP) is 3.12. The topological polar surface area (TPSA) is 29.3 Å². The van der Waals surface area contributed by atoms with Gasteiger partial charge in [-0.05, 0) is 31.5 Å². The molecule has 0 amide bonds. The summed E-state index contributed by atoms with van der Waals surface area (Å²) in [6.45, 7) is 1.44. The lowest BCUT2D eigenvalue weighted by Gasteiger charge is -2.35. The molecule has 0 spiro atoms. The molecule has 18 heavy (non-hydrogen) atoms. The first kappa shape index (κ1) is 13.7. The smallest absolute Gasteiger partial charge is 0.129 e. The van der Waals surface area contributed by atoms with E-state index in [1.165, 1.54) is 6.07 Å². The molecule has 2 nitrogen and oxygen atoms in total. The molecule has 0 aromatic heterocycles. The highest BCUT2D eigenvalue weighted by molar-refractivity contribution is 7.80. The van der Waals surface area contributed by atoms with Gasteiger partial charge in [0.05, 0.1) is 11.0 Å². The van der Waals surface area contributed by atoms with E-state index in [9.17, 15) is 4.39 Å². The van der Waals surface area contributed by atoms with Crippen molar-refractivity contribution in [2.45, 2.75) is 31.8 Å². The molecular weight excluding hydrogens is 271 g/mol. The van der Waals surface area contributed by atoms with Crippen LogP contribution in [0.2, 0.25) is 5.02 Å². The fourth-order valence-electron chi connectivity index (χ4n) is 2.37. The molecule has 2 N–H and O–H groups in total. The minimum Gasteiger partial charge on any atom is -0.392 e. The van der Waals surface area contributed by atoms with E-state index >= 15 is 0 Å². The van der Waals surface area contributed by atoms with Crippen molar-refractivity contribution in [2.75, 3.05) is 6.54 Å². The minimum absolute atomic E-state index is 0.0869. The second-order valence-corrected chi connectivity index (χ2v) is 5.53. The van der Waals surface area contributed by atoms with Gasteiger partial charge >= 0.3 is 0 Å². The van der Waals surface area contributed by atoms with E-state index in [-0.39, 0.29) is 11.9 Å². The monoisotopic (exact) mass is 286 g/mol. The van der Waals surface area contributed by atoms with Crippen LogP contribution in [0.15, 0.2) is 18.2 Å². The van der Waals surface area contributed by atoms with Gasteiger partial charge in [-0.2, -0.15) is 0 Å². The number of hydrogen-bond acceptors (Lipinski definition) is 2. The molecule has 1 fully saturated rings. The molecule has 1 aromatic carbocycles. The molecule has 1 atom stereocenters. The molecule has 0 radical (unpaired) electrons. The Morgan fingerprint density at radius 3 is 2.94 bits per heavy atom. The van der Waals surface area contributed by atoms with E-state index in [2.05, 4.69) is 4.90 Å². The Hall–Kier alpha value is -0.710. The van der Waals surface area contributed by atoms with Crippen molar-refractivity contribution in [3.63, 3.8) is 0 Å². The van der Waals surface area contributed by atoms with Gasteiger partial charge in [0.2, 0.25) is 0 Å². The maximum absolute atomic E-state index is 13.8. The van der Waals surface area contributed by atoms with Crippen LogP contribution in [0.5, 0.6) is 0 Å². The standard InChI is InChI=1S/C13H16ClFN2S/c14-10-5-4-9(11(15)7-10)8-17-6-2-1-3-12(17)13(16)18/h4-5,7,12H,1-3,6,8H2,(H2,16,18). The van der Waals surface area contributed by atoms with Gasteiger partial charge in [0.15, 0.2) is 0 Å². The summed E-state index contributed by atoms with van der Waals surface area (Å²) in [6.07, 6.45) is 3.19. The number of halogens is 2. The minimum atomic E-state index is -0.269. The summed E-state index contributed by atoms with van der Waals surface area (Å²) in [4.78, 5) is 2.65. The number of hydrogen-bond donors (Lipinski definition) is 1. The molecule has 0 saturated carbocycles. The van der Waals surface area contributed by atoms with Crippen LogP contribution < -0.4 is 5.73 Å². The number of piperidine rings is 1.